The quantitative estimate of drug-likeness (QED) is 0.365. The number of ether oxygens (including phenoxy) is 1. The Hall–Kier alpha value is -3.92. The number of morpholine rings is 1. The number of benzene rings is 1. The minimum absolute atomic E-state index is 0.0612. The lowest BCUT2D eigenvalue weighted by atomic mass is 10.1. The molecule has 10 heteroatoms. The van der Waals surface area contributed by atoms with Gasteiger partial charge in [0.25, 0.3) is 0 Å². The van der Waals surface area contributed by atoms with Crippen molar-refractivity contribution in [3.8, 4) is 11.4 Å². The summed E-state index contributed by atoms with van der Waals surface area (Å²) < 4.78 is 7.58. The van der Waals surface area contributed by atoms with Crippen LogP contribution in [0.1, 0.15) is 35.6 Å². The number of aryl methyl sites for hydroxylation is 2. The van der Waals surface area contributed by atoms with Crippen molar-refractivity contribution in [3.63, 3.8) is 0 Å². The molecule has 0 saturated carbocycles. The molecule has 5 rings (SSSR count). The van der Waals surface area contributed by atoms with Crippen LogP contribution < -0.4 is 9.80 Å². The molecule has 1 aliphatic heterocycles. The first-order valence-corrected chi connectivity index (χ1v) is 12.1. The van der Waals surface area contributed by atoms with Gasteiger partial charge in [-0.25, -0.2) is 24.9 Å². The number of carbonyl (C=O) groups excluding carboxylic acids is 1. The van der Waals surface area contributed by atoms with E-state index >= 15 is 0 Å². The van der Waals surface area contributed by atoms with Crippen LogP contribution >= 0.6 is 0 Å². The maximum absolute atomic E-state index is 11.6. The van der Waals surface area contributed by atoms with Gasteiger partial charge in [-0.3, -0.25) is 4.79 Å². The zero-order chi connectivity index (χ0) is 25.2. The van der Waals surface area contributed by atoms with Crippen LogP contribution in [0.5, 0.6) is 0 Å². The second kappa shape index (κ2) is 9.98. The van der Waals surface area contributed by atoms with E-state index in [0.29, 0.717) is 37.1 Å². The number of hydrogen-bond donors (Lipinski definition) is 0. The van der Waals surface area contributed by atoms with Crippen molar-refractivity contribution in [1.29, 1.82) is 0 Å². The normalized spacial score (nSPS) is 13.8. The lowest BCUT2D eigenvalue weighted by Gasteiger charge is -2.28. The highest BCUT2D eigenvalue weighted by molar-refractivity contribution is 5.93. The summed E-state index contributed by atoms with van der Waals surface area (Å²) in [5.41, 5.74) is 4.28. The second-order valence-corrected chi connectivity index (χ2v) is 8.96. The number of fused-ring (bicyclic) bond motifs is 1. The molecule has 1 aliphatic rings. The molecule has 186 valence electrons. The van der Waals surface area contributed by atoms with E-state index in [1.54, 1.807) is 12.4 Å². The third-order valence-electron chi connectivity index (χ3n) is 6.49. The van der Waals surface area contributed by atoms with E-state index in [1.165, 1.54) is 12.5 Å². The molecule has 3 aromatic heterocycles. The minimum atomic E-state index is -0.0612. The number of anilines is 2. The van der Waals surface area contributed by atoms with Gasteiger partial charge in [0.15, 0.2) is 28.6 Å². The fourth-order valence-corrected chi connectivity index (χ4v) is 4.23. The molecule has 0 amide bonds. The summed E-state index contributed by atoms with van der Waals surface area (Å²) in [5, 5.41) is 0. The molecule has 1 aromatic carbocycles. The van der Waals surface area contributed by atoms with Gasteiger partial charge in [-0.05, 0) is 18.9 Å². The predicted molar refractivity (Wildman–Crippen MR) is 138 cm³/mol. The summed E-state index contributed by atoms with van der Waals surface area (Å²) in [4.78, 5) is 39.2. The molecule has 0 bridgehead atoms. The number of imidazole rings is 1. The Balaban J connectivity index is 1.54. The van der Waals surface area contributed by atoms with Gasteiger partial charge in [-0.15, -0.1) is 0 Å². The van der Waals surface area contributed by atoms with E-state index in [4.69, 9.17) is 19.7 Å². The largest absolute Gasteiger partial charge is 0.378 e. The lowest BCUT2D eigenvalue weighted by Crippen LogP contribution is -2.37. The average molecular weight is 487 g/mol. The lowest BCUT2D eigenvalue weighted by molar-refractivity contribution is 0.101. The molecule has 1 fully saturated rings. The van der Waals surface area contributed by atoms with Crippen LogP contribution in [0.4, 0.5) is 11.8 Å². The van der Waals surface area contributed by atoms with E-state index < -0.39 is 0 Å². The average Bonchev–Trinajstić information content (AvgIpc) is 3.23. The number of ketones is 1. The van der Waals surface area contributed by atoms with Crippen LogP contribution in [0.25, 0.3) is 22.6 Å². The van der Waals surface area contributed by atoms with Gasteiger partial charge in [-0.2, -0.15) is 0 Å². The molecule has 4 aromatic rings. The molecule has 10 nitrogen and oxygen atoms in total. The Labute approximate surface area is 210 Å². The van der Waals surface area contributed by atoms with Crippen LogP contribution in [0, 0.1) is 0 Å². The van der Waals surface area contributed by atoms with Crippen LogP contribution in [0.3, 0.4) is 0 Å². The highest BCUT2D eigenvalue weighted by atomic mass is 16.5. The topological polar surface area (TPSA) is 102 Å². The molecule has 36 heavy (non-hydrogen) atoms. The second-order valence-electron chi connectivity index (χ2n) is 8.96. The van der Waals surface area contributed by atoms with E-state index in [-0.39, 0.29) is 5.78 Å². The van der Waals surface area contributed by atoms with Crippen molar-refractivity contribution < 1.29 is 9.53 Å². The highest BCUT2D eigenvalue weighted by Crippen LogP contribution is 2.29. The molecule has 1 saturated heterocycles. The Morgan fingerprint density at radius 2 is 1.75 bits per heavy atom. The zero-order valence-corrected chi connectivity index (χ0v) is 21.1. The first-order chi connectivity index (χ1) is 17.4. The van der Waals surface area contributed by atoms with Gasteiger partial charge < -0.3 is 19.1 Å². The van der Waals surface area contributed by atoms with Gasteiger partial charge in [-0.1, -0.05) is 31.2 Å². The van der Waals surface area contributed by atoms with Gasteiger partial charge in [0.2, 0.25) is 5.95 Å². The van der Waals surface area contributed by atoms with E-state index in [0.717, 1.165) is 47.9 Å². The van der Waals surface area contributed by atoms with Crippen LogP contribution in [0.15, 0.2) is 36.7 Å². The molecule has 0 atom stereocenters. The SMILES string of the molecule is CCc1ccc(-c2nc(N3CCOCC3)c3nc(CN(C)c4ncc(C(C)=O)cn4)n(C)c3n2)cc1. The van der Waals surface area contributed by atoms with Crippen molar-refractivity contribution in [2.24, 2.45) is 7.05 Å². The highest BCUT2D eigenvalue weighted by Gasteiger charge is 2.23. The van der Waals surface area contributed by atoms with Gasteiger partial charge in [0.1, 0.15) is 5.82 Å². The van der Waals surface area contributed by atoms with Gasteiger partial charge in [0, 0.05) is 45.1 Å². The molecule has 4 heterocycles. The summed E-state index contributed by atoms with van der Waals surface area (Å²) in [7, 11) is 3.87. The maximum Gasteiger partial charge on any atom is 0.225 e. The van der Waals surface area contributed by atoms with E-state index in [1.807, 2.05) is 23.6 Å². The first-order valence-electron chi connectivity index (χ1n) is 12.1. The summed E-state index contributed by atoms with van der Waals surface area (Å²) in [6, 6.07) is 8.41. The van der Waals surface area contributed by atoms with E-state index in [2.05, 4.69) is 46.1 Å². The third-order valence-corrected chi connectivity index (χ3v) is 6.49. The van der Waals surface area contributed by atoms with Crippen molar-refractivity contribution in [3.05, 3.63) is 53.6 Å². The summed E-state index contributed by atoms with van der Waals surface area (Å²) >= 11 is 0. The Bertz CT molecular complexity index is 1380. The Kier molecular flexibility index (Phi) is 6.60. The van der Waals surface area contributed by atoms with Crippen LogP contribution in [-0.2, 0) is 24.8 Å². The maximum atomic E-state index is 11.6. The number of nitrogens with zero attached hydrogens (tertiary/aromatic N) is 8. The fraction of sp³-hybridized carbons (Fsp3) is 0.385. The molecular formula is C26H30N8O2. The Morgan fingerprint density at radius 1 is 1.06 bits per heavy atom. The minimum Gasteiger partial charge on any atom is -0.378 e. The number of aromatic nitrogens is 6. The molecule has 0 unspecified atom stereocenters. The van der Waals surface area contributed by atoms with Crippen molar-refractivity contribution in [2.45, 2.75) is 26.8 Å². The Morgan fingerprint density at radius 3 is 2.39 bits per heavy atom. The van der Waals surface area contributed by atoms with Crippen molar-refractivity contribution in [1.82, 2.24) is 29.5 Å². The van der Waals surface area contributed by atoms with Crippen LogP contribution in [0.2, 0.25) is 0 Å². The third kappa shape index (κ3) is 4.64. The first kappa shape index (κ1) is 23.8. The molecular weight excluding hydrogens is 456 g/mol. The molecule has 0 radical (unpaired) electrons. The number of hydrogen-bond acceptors (Lipinski definition) is 9. The van der Waals surface area contributed by atoms with Gasteiger partial charge >= 0.3 is 0 Å². The molecule has 0 spiro atoms. The van der Waals surface area contributed by atoms with Crippen LogP contribution in [-0.4, -0.2) is 68.6 Å². The summed E-state index contributed by atoms with van der Waals surface area (Å²) in [5.74, 6) is 2.77. The molecule has 0 aliphatic carbocycles. The predicted octanol–water partition coefficient (Wildman–Crippen LogP) is 3.06. The molecule has 0 N–H and O–H groups in total. The smallest absolute Gasteiger partial charge is 0.225 e. The zero-order valence-electron chi connectivity index (χ0n) is 21.1. The van der Waals surface area contributed by atoms with Crippen molar-refractivity contribution >= 4 is 28.7 Å². The fourth-order valence-electron chi connectivity index (χ4n) is 4.23. The van der Waals surface area contributed by atoms with Crippen molar-refractivity contribution in [2.75, 3.05) is 43.2 Å². The standard InChI is InChI=1S/C26H30N8O2/c1-5-18-6-8-19(9-7-18)23-30-24-22(25(31-23)34-10-12-36-13-11-34)29-21(33(24)4)16-32(3)26-27-14-20(15-28-26)17(2)35/h6-9,14-15H,5,10-13,16H2,1-4H3. The summed E-state index contributed by atoms with van der Waals surface area (Å²) in [6.07, 6.45) is 4.08. The summed E-state index contributed by atoms with van der Waals surface area (Å²) in [6.45, 7) is 6.93. The monoisotopic (exact) mass is 486 g/mol. The number of Topliss-reactive ketones (excluding diaryl/α,β-unsaturated/α-hetero) is 1. The number of carbonyl (C=O) groups is 1. The van der Waals surface area contributed by atoms with Gasteiger partial charge in [0.05, 0.1) is 25.3 Å². The number of rotatable bonds is 7. The van der Waals surface area contributed by atoms with E-state index in [9.17, 15) is 4.79 Å².